The quantitative estimate of drug-likeness (QED) is 0.472. The maximum absolute atomic E-state index is 10.4. The molecule has 0 radical (unpaired) electrons. The fraction of sp³-hybridized carbons (Fsp3) is 0.357. The minimum atomic E-state index is -0.521. The Morgan fingerprint density at radius 1 is 0.853 bits per heavy atom. The molecule has 1 aliphatic heterocycles. The van der Waals surface area contributed by atoms with E-state index >= 15 is 0 Å². The number of benzene rings is 3. The van der Waals surface area contributed by atoms with Crippen LogP contribution in [-0.4, -0.2) is 62.7 Å². The van der Waals surface area contributed by atoms with Gasteiger partial charge in [-0.15, -0.1) is 0 Å². The molecule has 0 saturated carbocycles. The zero-order valence-electron chi connectivity index (χ0n) is 19.9. The van der Waals surface area contributed by atoms with Crippen LogP contribution in [-0.2, 0) is 0 Å². The van der Waals surface area contributed by atoms with Gasteiger partial charge in [0.05, 0.1) is 14.2 Å². The van der Waals surface area contributed by atoms with Gasteiger partial charge in [-0.2, -0.15) is 0 Å². The van der Waals surface area contributed by atoms with Gasteiger partial charge >= 0.3 is 0 Å². The summed E-state index contributed by atoms with van der Waals surface area (Å²) in [5, 5.41) is 10.4. The lowest BCUT2D eigenvalue weighted by Crippen LogP contribution is -2.43. The number of rotatable bonds is 10. The van der Waals surface area contributed by atoms with E-state index in [0.29, 0.717) is 13.2 Å². The normalized spacial score (nSPS) is 15.5. The molecule has 0 bridgehead atoms. The summed E-state index contributed by atoms with van der Waals surface area (Å²) in [6.45, 7) is 2.67. The third-order valence-corrected chi connectivity index (χ3v) is 6.04. The van der Waals surface area contributed by atoms with Crippen molar-refractivity contribution in [2.75, 3.05) is 40.5 Å². The molecule has 4 rings (SSSR count). The SMILES string of the molecule is COc1ccc(OC)c(-c2cccc(OC3CCN(CC(O)COc4ccccc4)CC3)c2)c1. The number of para-hydroxylation sites is 1. The van der Waals surface area contributed by atoms with Crippen molar-refractivity contribution in [3.05, 3.63) is 72.8 Å². The molecule has 3 aromatic rings. The van der Waals surface area contributed by atoms with Crippen molar-refractivity contribution in [1.82, 2.24) is 4.90 Å². The topological polar surface area (TPSA) is 60.4 Å². The maximum atomic E-state index is 10.4. The molecular weight excluding hydrogens is 430 g/mol. The second kappa shape index (κ2) is 11.8. The molecule has 0 aromatic heterocycles. The molecule has 1 aliphatic rings. The van der Waals surface area contributed by atoms with Crippen molar-refractivity contribution in [3.8, 4) is 34.1 Å². The standard InChI is InChI=1S/C28H33NO5/c1-31-25-11-12-28(32-2)27(18-25)21-7-6-10-26(17-21)34-24-13-15-29(16-14-24)19-22(30)20-33-23-8-4-3-5-9-23/h3-12,17-18,22,24,30H,13-16,19-20H2,1-2H3. The summed E-state index contributed by atoms with van der Waals surface area (Å²) in [6.07, 6.45) is 1.46. The molecule has 1 atom stereocenters. The number of ether oxygens (including phenoxy) is 4. The van der Waals surface area contributed by atoms with Gasteiger partial charge in [-0.3, -0.25) is 0 Å². The highest BCUT2D eigenvalue weighted by Crippen LogP contribution is 2.35. The van der Waals surface area contributed by atoms with Crippen LogP contribution in [0.15, 0.2) is 72.8 Å². The summed E-state index contributed by atoms with van der Waals surface area (Å²) >= 11 is 0. The van der Waals surface area contributed by atoms with Crippen LogP contribution < -0.4 is 18.9 Å². The molecule has 6 heteroatoms. The number of β-amino-alcohol motifs (C(OH)–C–C–N with tert-alkyl or cyclic N) is 1. The summed E-state index contributed by atoms with van der Waals surface area (Å²) in [5.74, 6) is 3.20. The Bertz CT molecular complexity index is 1030. The third kappa shape index (κ3) is 6.43. The Morgan fingerprint density at radius 2 is 1.62 bits per heavy atom. The van der Waals surface area contributed by atoms with E-state index in [-0.39, 0.29) is 6.10 Å². The Balaban J connectivity index is 1.28. The minimum Gasteiger partial charge on any atom is -0.497 e. The molecule has 1 saturated heterocycles. The number of piperidine rings is 1. The van der Waals surface area contributed by atoms with Gasteiger partial charge in [0.2, 0.25) is 0 Å². The smallest absolute Gasteiger partial charge is 0.126 e. The first kappa shape index (κ1) is 23.9. The molecule has 1 N–H and O–H groups in total. The molecule has 6 nitrogen and oxygen atoms in total. The van der Waals surface area contributed by atoms with Crippen molar-refractivity contribution in [2.24, 2.45) is 0 Å². The van der Waals surface area contributed by atoms with Gasteiger partial charge in [0.15, 0.2) is 0 Å². The molecule has 0 amide bonds. The number of aliphatic hydroxyl groups excluding tert-OH is 1. The Morgan fingerprint density at radius 3 is 2.35 bits per heavy atom. The highest BCUT2D eigenvalue weighted by molar-refractivity contribution is 5.73. The van der Waals surface area contributed by atoms with Crippen LogP contribution in [0.2, 0.25) is 0 Å². The fourth-order valence-electron chi connectivity index (χ4n) is 4.24. The van der Waals surface area contributed by atoms with E-state index in [2.05, 4.69) is 4.90 Å². The summed E-state index contributed by atoms with van der Waals surface area (Å²) in [5.41, 5.74) is 1.99. The van der Waals surface area contributed by atoms with Crippen LogP contribution in [0, 0.1) is 0 Å². The number of aliphatic hydroxyl groups is 1. The molecule has 0 aliphatic carbocycles. The second-order valence-electron chi connectivity index (χ2n) is 8.49. The molecule has 3 aromatic carbocycles. The average molecular weight is 464 g/mol. The first-order valence-electron chi connectivity index (χ1n) is 11.7. The largest absolute Gasteiger partial charge is 0.497 e. The number of methoxy groups -OCH3 is 2. The molecule has 0 spiro atoms. The van der Waals surface area contributed by atoms with E-state index in [9.17, 15) is 5.11 Å². The fourth-order valence-corrected chi connectivity index (χ4v) is 4.24. The lowest BCUT2D eigenvalue weighted by atomic mass is 10.0. The number of hydrogen-bond donors (Lipinski definition) is 1. The summed E-state index contributed by atoms with van der Waals surface area (Å²) in [4.78, 5) is 2.27. The van der Waals surface area contributed by atoms with Gasteiger partial charge in [-0.05, 0) is 60.9 Å². The van der Waals surface area contributed by atoms with Crippen molar-refractivity contribution in [1.29, 1.82) is 0 Å². The van der Waals surface area contributed by atoms with Crippen LogP contribution >= 0.6 is 0 Å². The van der Waals surface area contributed by atoms with Gasteiger partial charge in [-0.25, -0.2) is 0 Å². The van der Waals surface area contributed by atoms with Gasteiger partial charge in [0, 0.05) is 25.2 Å². The van der Waals surface area contributed by atoms with Crippen molar-refractivity contribution < 1.29 is 24.1 Å². The van der Waals surface area contributed by atoms with Crippen LogP contribution in [0.1, 0.15) is 12.8 Å². The molecule has 1 unspecified atom stereocenters. The highest BCUT2D eigenvalue weighted by Gasteiger charge is 2.22. The van der Waals surface area contributed by atoms with Gasteiger partial charge in [0.25, 0.3) is 0 Å². The molecule has 1 heterocycles. The van der Waals surface area contributed by atoms with Crippen LogP contribution in [0.25, 0.3) is 11.1 Å². The average Bonchev–Trinajstić information content (AvgIpc) is 2.89. The van der Waals surface area contributed by atoms with Gasteiger partial charge in [0.1, 0.15) is 41.8 Å². The van der Waals surface area contributed by atoms with Crippen molar-refractivity contribution >= 4 is 0 Å². The number of likely N-dealkylation sites (tertiary alicyclic amines) is 1. The number of hydrogen-bond acceptors (Lipinski definition) is 6. The first-order chi connectivity index (χ1) is 16.6. The zero-order chi connectivity index (χ0) is 23.8. The number of nitrogens with zero attached hydrogens (tertiary/aromatic N) is 1. The highest BCUT2D eigenvalue weighted by atomic mass is 16.5. The summed E-state index contributed by atoms with van der Waals surface area (Å²) in [6, 6.07) is 23.5. The van der Waals surface area contributed by atoms with E-state index < -0.39 is 6.10 Å². The monoisotopic (exact) mass is 463 g/mol. The maximum Gasteiger partial charge on any atom is 0.126 e. The minimum absolute atomic E-state index is 0.149. The van der Waals surface area contributed by atoms with E-state index in [4.69, 9.17) is 18.9 Å². The van der Waals surface area contributed by atoms with E-state index in [1.165, 1.54) is 0 Å². The molecule has 1 fully saturated rings. The lowest BCUT2D eigenvalue weighted by Gasteiger charge is -2.33. The van der Waals surface area contributed by atoms with E-state index in [0.717, 1.165) is 60.1 Å². The predicted octanol–water partition coefficient (Wildman–Crippen LogP) is 4.65. The van der Waals surface area contributed by atoms with Gasteiger partial charge in [-0.1, -0.05) is 30.3 Å². The van der Waals surface area contributed by atoms with Crippen LogP contribution in [0.4, 0.5) is 0 Å². The Hall–Kier alpha value is -3.22. The first-order valence-corrected chi connectivity index (χ1v) is 11.7. The summed E-state index contributed by atoms with van der Waals surface area (Å²) < 4.78 is 22.9. The molecule has 180 valence electrons. The van der Waals surface area contributed by atoms with Crippen molar-refractivity contribution in [2.45, 2.75) is 25.0 Å². The molecule has 34 heavy (non-hydrogen) atoms. The molecular formula is C28H33NO5. The lowest BCUT2D eigenvalue weighted by molar-refractivity contribution is 0.0402. The summed E-state index contributed by atoms with van der Waals surface area (Å²) in [7, 11) is 3.33. The van der Waals surface area contributed by atoms with Crippen molar-refractivity contribution in [3.63, 3.8) is 0 Å². The Kier molecular flexibility index (Phi) is 8.28. The van der Waals surface area contributed by atoms with Gasteiger partial charge < -0.3 is 29.0 Å². The third-order valence-electron chi connectivity index (χ3n) is 6.04. The van der Waals surface area contributed by atoms with Crippen LogP contribution in [0.5, 0.6) is 23.0 Å². The predicted molar refractivity (Wildman–Crippen MR) is 133 cm³/mol. The Labute approximate surface area is 201 Å². The zero-order valence-corrected chi connectivity index (χ0v) is 19.9. The van der Waals surface area contributed by atoms with E-state index in [1.807, 2.05) is 72.8 Å². The van der Waals surface area contributed by atoms with Crippen LogP contribution in [0.3, 0.4) is 0 Å². The van der Waals surface area contributed by atoms with E-state index in [1.54, 1.807) is 14.2 Å². The second-order valence-corrected chi connectivity index (χ2v) is 8.49.